The highest BCUT2D eigenvalue weighted by Crippen LogP contribution is 2.28. The third-order valence-electron chi connectivity index (χ3n) is 3.95. The Balaban J connectivity index is 2.05. The monoisotopic (exact) mass is 371 g/mol. The zero-order valence-corrected chi connectivity index (χ0v) is 15.8. The first-order valence-corrected chi connectivity index (χ1v) is 8.78. The topological polar surface area (TPSA) is 84.9 Å². The number of ether oxygens (including phenoxy) is 2. The molecule has 2 aromatic carbocycles. The summed E-state index contributed by atoms with van der Waals surface area (Å²) in [6.07, 6.45) is -0.277. The molecule has 1 atom stereocenters. The lowest BCUT2D eigenvalue weighted by atomic mass is 10.1. The second-order valence-electron chi connectivity index (χ2n) is 6.40. The number of carbonyl (C=O) groups is 2. The molecule has 6 nitrogen and oxygen atoms in total. The Labute approximate surface area is 159 Å². The number of carboxylic acid groups (broad SMARTS) is 1. The van der Waals surface area contributed by atoms with Crippen LogP contribution in [0, 0.1) is 0 Å². The number of benzene rings is 2. The minimum atomic E-state index is -1.01. The summed E-state index contributed by atoms with van der Waals surface area (Å²) in [6.45, 7) is 4.15. The highest BCUT2D eigenvalue weighted by atomic mass is 16.5. The third kappa shape index (κ3) is 6.11. The molecule has 0 heterocycles. The molecule has 2 rings (SSSR count). The number of amides is 1. The number of hydrogen-bond acceptors (Lipinski definition) is 4. The number of nitrogens with one attached hydrogen (secondary N) is 1. The van der Waals surface area contributed by atoms with E-state index in [-0.39, 0.29) is 36.6 Å². The van der Waals surface area contributed by atoms with Crippen LogP contribution in [0.1, 0.15) is 41.4 Å². The van der Waals surface area contributed by atoms with Crippen molar-refractivity contribution >= 4 is 11.9 Å². The van der Waals surface area contributed by atoms with Crippen molar-refractivity contribution in [3.05, 3.63) is 65.2 Å². The Kier molecular flexibility index (Phi) is 7.37. The highest BCUT2D eigenvalue weighted by Gasteiger charge is 2.19. The molecule has 2 aromatic rings. The van der Waals surface area contributed by atoms with E-state index in [4.69, 9.17) is 14.6 Å². The van der Waals surface area contributed by atoms with Crippen LogP contribution in [0.5, 0.6) is 5.75 Å². The van der Waals surface area contributed by atoms with Crippen LogP contribution in [0.3, 0.4) is 0 Å². The molecule has 0 aromatic heterocycles. The Morgan fingerprint density at radius 3 is 2.52 bits per heavy atom. The van der Waals surface area contributed by atoms with Gasteiger partial charge in [0.1, 0.15) is 11.9 Å². The zero-order valence-electron chi connectivity index (χ0n) is 15.8. The van der Waals surface area contributed by atoms with Crippen molar-refractivity contribution in [1.82, 2.24) is 5.32 Å². The summed E-state index contributed by atoms with van der Waals surface area (Å²) in [5, 5.41) is 11.9. The number of methoxy groups -OCH3 is 1. The first kappa shape index (κ1) is 20.5. The Morgan fingerprint density at radius 1 is 1.11 bits per heavy atom. The number of carbonyl (C=O) groups excluding carboxylic acids is 1. The molecule has 1 amide bonds. The van der Waals surface area contributed by atoms with Gasteiger partial charge in [-0.25, -0.2) is 4.79 Å². The zero-order chi connectivity index (χ0) is 19.8. The fourth-order valence-corrected chi connectivity index (χ4v) is 2.76. The molecule has 0 spiro atoms. The molecule has 6 heteroatoms. The number of carboxylic acids is 1. The number of rotatable bonds is 9. The van der Waals surface area contributed by atoms with Crippen molar-refractivity contribution in [1.29, 1.82) is 0 Å². The minimum absolute atomic E-state index is 0.0240. The van der Waals surface area contributed by atoms with E-state index in [2.05, 4.69) is 5.32 Å². The van der Waals surface area contributed by atoms with Gasteiger partial charge in [-0.3, -0.25) is 4.79 Å². The average molecular weight is 371 g/mol. The van der Waals surface area contributed by atoms with Crippen LogP contribution in [0.2, 0.25) is 0 Å². The lowest BCUT2D eigenvalue weighted by Gasteiger charge is -2.23. The van der Waals surface area contributed by atoms with E-state index in [1.165, 1.54) is 12.1 Å². The van der Waals surface area contributed by atoms with Crippen molar-refractivity contribution in [2.45, 2.75) is 32.5 Å². The van der Waals surface area contributed by atoms with E-state index < -0.39 is 5.97 Å². The summed E-state index contributed by atoms with van der Waals surface area (Å²) in [4.78, 5) is 23.4. The highest BCUT2D eigenvalue weighted by molar-refractivity contribution is 5.88. The van der Waals surface area contributed by atoms with Gasteiger partial charge in [0.05, 0.1) is 25.2 Å². The van der Waals surface area contributed by atoms with Gasteiger partial charge in [0.2, 0.25) is 5.91 Å². The summed E-state index contributed by atoms with van der Waals surface area (Å²) in [5.41, 5.74) is 1.67. The number of para-hydroxylation sites is 1. The molecule has 0 bridgehead atoms. The second-order valence-corrected chi connectivity index (χ2v) is 6.40. The summed E-state index contributed by atoms with van der Waals surface area (Å²) in [5.74, 6) is -0.518. The van der Waals surface area contributed by atoms with Crippen molar-refractivity contribution in [3.63, 3.8) is 0 Å². The molecule has 2 N–H and O–H groups in total. The number of aromatic carboxylic acids is 1. The predicted molar refractivity (Wildman–Crippen MR) is 102 cm³/mol. The molecule has 0 saturated heterocycles. The Morgan fingerprint density at radius 2 is 1.85 bits per heavy atom. The van der Waals surface area contributed by atoms with E-state index >= 15 is 0 Å². The molecule has 0 aliphatic rings. The fraction of sp³-hybridized carbons (Fsp3) is 0.333. The average Bonchev–Trinajstić information content (AvgIpc) is 2.65. The SMILES string of the molecule is COc1ccccc1C(CNC(=O)Cc1cccc(C(=O)O)c1)OC(C)C. The number of hydrogen-bond donors (Lipinski definition) is 2. The summed E-state index contributed by atoms with van der Waals surface area (Å²) >= 11 is 0. The van der Waals surface area contributed by atoms with E-state index in [0.717, 1.165) is 5.56 Å². The molecular formula is C21H25NO5. The van der Waals surface area contributed by atoms with Crippen LogP contribution in [0.15, 0.2) is 48.5 Å². The van der Waals surface area contributed by atoms with Crippen molar-refractivity contribution in [3.8, 4) is 5.75 Å². The lowest BCUT2D eigenvalue weighted by Crippen LogP contribution is -2.31. The molecule has 0 aliphatic heterocycles. The summed E-state index contributed by atoms with van der Waals surface area (Å²) in [7, 11) is 1.60. The Hall–Kier alpha value is -2.86. The van der Waals surface area contributed by atoms with Crippen LogP contribution >= 0.6 is 0 Å². The molecule has 1 unspecified atom stereocenters. The molecule has 27 heavy (non-hydrogen) atoms. The molecule has 0 saturated carbocycles. The second kappa shape index (κ2) is 9.73. The Bertz CT molecular complexity index is 788. The van der Waals surface area contributed by atoms with Gasteiger partial charge in [-0.1, -0.05) is 30.3 Å². The van der Waals surface area contributed by atoms with Gasteiger partial charge < -0.3 is 19.9 Å². The maximum Gasteiger partial charge on any atom is 0.335 e. The van der Waals surface area contributed by atoms with Crippen molar-refractivity contribution < 1.29 is 24.2 Å². The fourth-order valence-electron chi connectivity index (χ4n) is 2.76. The lowest BCUT2D eigenvalue weighted by molar-refractivity contribution is -0.121. The minimum Gasteiger partial charge on any atom is -0.496 e. The van der Waals surface area contributed by atoms with Crippen molar-refractivity contribution in [2.75, 3.05) is 13.7 Å². The van der Waals surface area contributed by atoms with Gasteiger partial charge in [0, 0.05) is 12.1 Å². The summed E-state index contributed by atoms with van der Waals surface area (Å²) < 4.78 is 11.4. The molecule has 0 aliphatic carbocycles. The largest absolute Gasteiger partial charge is 0.496 e. The van der Waals surface area contributed by atoms with E-state index in [1.54, 1.807) is 19.2 Å². The first-order valence-electron chi connectivity index (χ1n) is 8.78. The smallest absolute Gasteiger partial charge is 0.335 e. The van der Waals surface area contributed by atoms with Crippen LogP contribution in [-0.2, 0) is 16.0 Å². The van der Waals surface area contributed by atoms with Gasteiger partial charge in [0.25, 0.3) is 0 Å². The maximum absolute atomic E-state index is 12.3. The maximum atomic E-state index is 12.3. The predicted octanol–water partition coefficient (Wildman–Crippen LogP) is 3.22. The summed E-state index contributed by atoms with van der Waals surface area (Å²) in [6, 6.07) is 13.9. The molecule has 0 radical (unpaired) electrons. The van der Waals surface area contributed by atoms with E-state index in [0.29, 0.717) is 11.3 Å². The van der Waals surface area contributed by atoms with Crippen molar-refractivity contribution in [2.24, 2.45) is 0 Å². The first-order chi connectivity index (χ1) is 12.9. The van der Waals surface area contributed by atoms with Gasteiger partial charge in [-0.2, -0.15) is 0 Å². The van der Waals surface area contributed by atoms with Crippen LogP contribution < -0.4 is 10.1 Å². The van der Waals surface area contributed by atoms with E-state index in [1.807, 2.05) is 38.1 Å². The van der Waals surface area contributed by atoms with E-state index in [9.17, 15) is 9.59 Å². The van der Waals surface area contributed by atoms with Gasteiger partial charge in [0.15, 0.2) is 0 Å². The van der Waals surface area contributed by atoms with Gasteiger partial charge in [-0.15, -0.1) is 0 Å². The molecule has 144 valence electrons. The molecular weight excluding hydrogens is 346 g/mol. The van der Waals surface area contributed by atoms with Crippen LogP contribution in [0.25, 0.3) is 0 Å². The molecule has 0 fully saturated rings. The normalized spacial score (nSPS) is 11.9. The standard InChI is InChI=1S/C21H25NO5/c1-14(2)27-19(17-9-4-5-10-18(17)26-3)13-22-20(23)12-15-7-6-8-16(11-15)21(24)25/h4-11,14,19H,12-13H2,1-3H3,(H,22,23)(H,24,25). The van der Waals surface area contributed by atoms with Crippen LogP contribution in [0.4, 0.5) is 0 Å². The quantitative estimate of drug-likeness (QED) is 0.707. The van der Waals surface area contributed by atoms with Crippen LogP contribution in [-0.4, -0.2) is 36.7 Å². The van der Waals surface area contributed by atoms with Gasteiger partial charge >= 0.3 is 5.97 Å². The third-order valence-corrected chi connectivity index (χ3v) is 3.95. The van der Waals surface area contributed by atoms with Gasteiger partial charge in [-0.05, 0) is 37.6 Å².